The molecular weight excluding hydrogens is 386 g/mol. The van der Waals surface area contributed by atoms with Crippen molar-refractivity contribution < 1.29 is 5.11 Å². The number of rotatable bonds is 4. The van der Waals surface area contributed by atoms with E-state index in [1.807, 2.05) is 36.4 Å². The van der Waals surface area contributed by atoms with Crippen LogP contribution in [0, 0.1) is 0 Å². The van der Waals surface area contributed by atoms with Crippen molar-refractivity contribution >= 4 is 28.2 Å². The number of anilines is 3. The Morgan fingerprint density at radius 1 is 1.06 bits per heavy atom. The largest absolute Gasteiger partial charge is 0.398 e. The minimum Gasteiger partial charge on any atom is -0.398 e. The van der Waals surface area contributed by atoms with Gasteiger partial charge in [-0.05, 0) is 53.9 Å². The lowest BCUT2D eigenvalue weighted by Crippen LogP contribution is -2.26. The predicted molar refractivity (Wildman–Crippen MR) is 125 cm³/mol. The van der Waals surface area contributed by atoms with Gasteiger partial charge in [0.05, 0.1) is 12.1 Å². The highest BCUT2D eigenvalue weighted by molar-refractivity contribution is 6.00. The number of aliphatic hydroxyl groups is 1. The summed E-state index contributed by atoms with van der Waals surface area (Å²) in [4.78, 5) is 11.6. The number of aromatic nitrogens is 2. The number of nitrogens with one attached hydrogen (secondary N) is 1. The Morgan fingerprint density at radius 3 is 2.81 bits per heavy atom. The number of nitrogens with two attached hydrogens (primary N) is 1. The number of aliphatic hydroxyl groups excluding tert-OH is 1. The van der Waals surface area contributed by atoms with Gasteiger partial charge in [-0.25, -0.2) is 9.97 Å². The Hall–Kier alpha value is -3.48. The van der Waals surface area contributed by atoms with Crippen molar-refractivity contribution in [3.05, 3.63) is 77.5 Å². The van der Waals surface area contributed by atoms with Crippen LogP contribution in [-0.4, -0.2) is 33.6 Å². The fourth-order valence-corrected chi connectivity index (χ4v) is 4.24. The van der Waals surface area contributed by atoms with E-state index in [0.29, 0.717) is 11.6 Å². The van der Waals surface area contributed by atoms with Crippen LogP contribution in [0.15, 0.2) is 60.8 Å². The Morgan fingerprint density at radius 2 is 1.94 bits per heavy atom. The molecule has 0 amide bonds. The quantitative estimate of drug-likeness (QED) is 0.438. The van der Waals surface area contributed by atoms with Gasteiger partial charge in [0.1, 0.15) is 0 Å². The average molecular weight is 412 g/mol. The molecule has 6 nitrogen and oxygen atoms in total. The molecule has 0 aliphatic carbocycles. The second-order valence-electron chi connectivity index (χ2n) is 8.07. The fraction of sp³-hybridized carbons (Fsp3) is 0.200. The van der Waals surface area contributed by atoms with E-state index >= 15 is 0 Å². The predicted octanol–water partition coefficient (Wildman–Crippen LogP) is 4.10. The van der Waals surface area contributed by atoms with Gasteiger partial charge in [0, 0.05) is 41.6 Å². The minimum absolute atomic E-state index is 0.0399. The number of likely N-dealkylation sites (N-methyl/N-ethyl adjacent to an activating group) is 1. The number of fused-ring (bicyclic) bond motifs is 2. The number of nitrogens with zero attached hydrogens (tertiary/aromatic N) is 3. The molecule has 4 N–H and O–H groups in total. The summed E-state index contributed by atoms with van der Waals surface area (Å²) in [6, 6.07) is 18.1. The van der Waals surface area contributed by atoms with E-state index in [2.05, 4.69) is 40.4 Å². The summed E-state index contributed by atoms with van der Waals surface area (Å²) in [6.45, 7) is 2.00. The zero-order valence-electron chi connectivity index (χ0n) is 17.5. The first-order chi connectivity index (χ1) is 15.1. The van der Waals surface area contributed by atoms with Crippen LogP contribution in [0.2, 0.25) is 0 Å². The number of hydrogen-bond acceptors (Lipinski definition) is 6. The third-order valence-electron chi connectivity index (χ3n) is 5.93. The number of benzene rings is 3. The molecule has 1 aliphatic heterocycles. The maximum Gasteiger partial charge on any atom is 0.227 e. The van der Waals surface area contributed by atoms with E-state index in [4.69, 9.17) is 10.7 Å². The third kappa shape index (κ3) is 3.71. The van der Waals surface area contributed by atoms with E-state index in [1.165, 1.54) is 11.1 Å². The summed E-state index contributed by atoms with van der Waals surface area (Å²) in [5.41, 5.74) is 14.0. The van der Waals surface area contributed by atoms with Crippen molar-refractivity contribution in [1.29, 1.82) is 0 Å². The highest BCUT2D eigenvalue weighted by Crippen LogP contribution is 2.33. The van der Waals surface area contributed by atoms with Gasteiger partial charge in [-0.2, -0.15) is 0 Å². The molecule has 0 atom stereocenters. The van der Waals surface area contributed by atoms with Crippen molar-refractivity contribution in [2.24, 2.45) is 0 Å². The van der Waals surface area contributed by atoms with Crippen molar-refractivity contribution in [1.82, 2.24) is 14.9 Å². The molecule has 0 fully saturated rings. The topological polar surface area (TPSA) is 87.3 Å². The Bertz CT molecular complexity index is 1270. The summed E-state index contributed by atoms with van der Waals surface area (Å²) in [5.74, 6) is 0.518. The second kappa shape index (κ2) is 7.98. The lowest BCUT2D eigenvalue weighted by atomic mass is 9.97. The van der Waals surface area contributed by atoms with Gasteiger partial charge < -0.3 is 21.1 Å². The molecule has 0 spiro atoms. The molecule has 6 heteroatoms. The van der Waals surface area contributed by atoms with Gasteiger partial charge in [-0.3, -0.25) is 0 Å². The molecular formula is C25H25N5O. The number of hydrogen-bond donors (Lipinski definition) is 3. The molecule has 2 heterocycles. The molecule has 31 heavy (non-hydrogen) atoms. The molecule has 0 saturated carbocycles. The van der Waals surface area contributed by atoms with Crippen LogP contribution in [0.1, 0.15) is 16.7 Å². The summed E-state index contributed by atoms with van der Waals surface area (Å²) in [5, 5.41) is 13.9. The van der Waals surface area contributed by atoms with Crippen molar-refractivity contribution in [2.45, 2.75) is 19.6 Å². The average Bonchev–Trinajstić information content (AvgIpc) is 2.79. The molecule has 156 valence electrons. The highest BCUT2D eigenvalue weighted by atomic mass is 16.3. The van der Waals surface area contributed by atoms with Gasteiger partial charge in [-0.1, -0.05) is 36.4 Å². The van der Waals surface area contributed by atoms with E-state index in [-0.39, 0.29) is 6.61 Å². The number of nitrogen functional groups attached to an aromatic ring is 1. The standard InChI is InChI=1S/C25H25N5O/c1-30-11-10-16-6-7-19(12-18(16)14-30)28-25-27-13-22-23(26)9-8-21(24(22)29-25)20-5-3-2-4-17(20)15-31/h2-9,12-13,31H,10-11,14-15,26H2,1H3,(H,27,28,29). The molecule has 0 radical (unpaired) electrons. The van der Waals surface area contributed by atoms with Crippen molar-refractivity contribution in [2.75, 3.05) is 24.6 Å². The summed E-state index contributed by atoms with van der Waals surface area (Å²) in [6.07, 6.45) is 2.84. The van der Waals surface area contributed by atoms with Crippen LogP contribution in [0.3, 0.4) is 0 Å². The van der Waals surface area contributed by atoms with Crippen LogP contribution >= 0.6 is 0 Å². The van der Waals surface area contributed by atoms with Crippen LogP contribution < -0.4 is 11.1 Å². The van der Waals surface area contributed by atoms with Crippen LogP contribution in [0.4, 0.5) is 17.3 Å². The second-order valence-corrected chi connectivity index (χ2v) is 8.07. The monoisotopic (exact) mass is 411 g/mol. The first kappa shape index (κ1) is 19.5. The van der Waals surface area contributed by atoms with Gasteiger partial charge in [0.2, 0.25) is 5.95 Å². The maximum absolute atomic E-state index is 9.80. The zero-order valence-corrected chi connectivity index (χ0v) is 17.5. The molecule has 3 aromatic carbocycles. The molecule has 5 rings (SSSR count). The van der Waals surface area contributed by atoms with Crippen molar-refractivity contribution in [3.8, 4) is 11.1 Å². The first-order valence-electron chi connectivity index (χ1n) is 10.4. The molecule has 1 aromatic heterocycles. The van der Waals surface area contributed by atoms with E-state index in [0.717, 1.165) is 52.8 Å². The van der Waals surface area contributed by atoms with E-state index < -0.39 is 0 Å². The Labute approximate surface area is 181 Å². The smallest absolute Gasteiger partial charge is 0.227 e. The van der Waals surface area contributed by atoms with Crippen LogP contribution in [-0.2, 0) is 19.6 Å². The van der Waals surface area contributed by atoms with Gasteiger partial charge in [0.15, 0.2) is 0 Å². The lowest BCUT2D eigenvalue weighted by Gasteiger charge is -2.25. The van der Waals surface area contributed by atoms with Crippen LogP contribution in [0.25, 0.3) is 22.0 Å². The van der Waals surface area contributed by atoms with E-state index in [9.17, 15) is 5.11 Å². The third-order valence-corrected chi connectivity index (χ3v) is 5.93. The van der Waals surface area contributed by atoms with Gasteiger partial charge in [0.25, 0.3) is 0 Å². The van der Waals surface area contributed by atoms with E-state index in [1.54, 1.807) is 6.20 Å². The SMILES string of the molecule is CN1CCc2ccc(Nc3ncc4c(N)ccc(-c5ccccc5CO)c4n3)cc2C1. The fourth-order valence-electron chi connectivity index (χ4n) is 4.24. The molecule has 1 aliphatic rings. The first-order valence-corrected chi connectivity index (χ1v) is 10.4. The summed E-state index contributed by atoms with van der Waals surface area (Å²) in [7, 11) is 2.14. The van der Waals surface area contributed by atoms with Crippen molar-refractivity contribution in [3.63, 3.8) is 0 Å². The lowest BCUT2D eigenvalue weighted by molar-refractivity contribution is 0.282. The summed E-state index contributed by atoms with van der Waals surface area (Å²) >= 11 is 0. The molecule has 4 aromatic rings. The Kier molecular flexibility index (Phi) is 5.02. The Balaban J connectivity index is 1.56. The minimum atomic E-state index is -0.0399. The molecule has 0 saturated heterocycles. The van der Waals surface area contributed by atoms with Gasteiger partial charge >= 0.3 is 0 Å². The maximum atomic E-state index is 9.80. The zero-order chi connectivity index (χ0) is 21.4. The van der Waals surface area contributed by atoms with Gasteiger partial charge in [-0.15, -0.1) is 0 Å². The van der Waals surface area contributed by atoms with Crippen LogP contribution in [0.5, 0.6) is 0 Å². The molecule has 0 bridgehead atoms. The normalized spacial score (nSPS) is 13.9. The summed E-state index contributed by atoms with van der Waals surface area (Å²) < 4.78 is 0. The highest BCUT2D eigenvalue weighted by Gasteiger charge is 2.15. The molecule has 0 unspecified atom stereocenters.